The number of rotatable bonds is 2. The lowest BCUT2D eigenvalue weighted by Gasteiger charge is -2.63. The third kappa shape index (κ3) is 1.83. The number of aromatic amines is 1. The van der Waals surface area contributed by atoms with E-state index in [1.54, 1.807) is 0 Å². The van der Waals surface area contributed by atoms with Gasteiger partial charge in [-0.3, -0.25) is 4.90 Å². The van der Waals surface area contributed by atoms with Crippen LogP contribution >= 0.6 is 0 Å². The summed E-state index contributed by atoms with van der Waals surface area (Å²) >= 11 is 0. The average Bonchev–Trinajstić information content (AvgIpc) is 3.30. The molecule has 5 nitrogen and oxygen atoms in total. The zero-order valence-corrected chi connectivity index (χ0v) is 14.9. The van der Waals surface area contributed by atoms with E-state index in [1.165, 1.54) is 28.4 Å². The Morgan fingerprint density at radius 3 is 2.85 bits per heavy atom. The fourth-order valence-corrected chi connectivity index (χ4v) is 6.45. The number of benzene rings is 1. The first-order valence-electron chi connectivity index (χ1n) is 9.83. The molecule has 4 fully saturated rings. The van der Waals surface area contributed by atoms with Crippen molar-refractivity contribution in [3.05, 3.63) is 35.5 Å². The molecule has 0 radical (unpaired) electrons. The van der Waals surface area contributed by atoms with Crippen molar-refractivity contribution in [1.82, 2.24) is 9.88 Å². The van der Waals surface area contributed by atoms with E-state index < -0.39 is 0 Å². The van der Waals surface area contributed by atoms with Gasteiger partial charge in [-0.15, -0.1) is 0 Å². The molecule has 136 valence electrons. The van der Waals surface area contributed by atoms with Crippen LogP contribution in [0, 0.1) is 17.8 Å². The molecule has 0 spiro atoms. The molecule has 1 aromatic carbocycles. The molecule has 0 saturated carbocycles. The summed E-state index contributed by atoms with van der Waals surface area (Å²) in [4.78, 5) is 18.2. The first kappa shape index (κ1) is 15.4. The van der Waals surface area contributed by atoms with Gasteiger partial charge in [-0.25, -0.2) is 0 Å². The third-order valence-electron chi connectivity index (χ3n) is 7.41. The summed E-state index contributed by atoms with van der Waals surface area (Å²) in [6.07, 6.45) is 3.05. The second-order valence-electron chi connectivity index (χ2n) is 8.34. The van der Waals surface area contributed by atoms with Gasteiger partial charge in [0.2, 0.25) is 0 Å². The summed E-state index contributed by atoms with van der Waals surface area (Å²) in [6, 6.07) is 9.66. The fourth-order valence-electron chi connectivity index (χ4n) is 6.45. The van der Waals surface area contributed by atoms with Crippen LogP contribution in [0.25, 0.3) is 10.9 Å². The Morgan fingerprint density at radius 1 is 1.23 bits per heavy atom. The minimum absolute atomic E-state index is 0.0752. The van der Waals surface area contributed by atoms with Crippen LogP contribution in [-0.4, -0.2) is 47.8 Å². The second kappa shape index (κ2) is 5.41. The van der Waals surface area contributed by atoms with Gasteiger partial charge in [-0.1, -0.05) is 18.2 Å². The van der Waals surface area contributed by atoms with Gasteiger partial charge >= 0.3 is 0 Å². The van der Waals surface area contributed by atoms with E-state index in [0.29, 0.717) is 31.2 Å². The molecule has 0 aliphatic carbocycles. The highest BCUT2D eigenvalue weighted by Crippen LogP contribution is 2.57. The Bertz CT molecular complexity index is 871. The minimum atomic E-state index is -0.157. The first-order valence-corrected chi connectivity index (χ1v) is 9.83. The van der Waals surface area contributed by atoms with E-state index in [4.69, 9.17) is 9.47 Å². The number of aldehydes is 1. The number of aromatic nitrogens is 1. The van der Waals surface area contributed by atoms with Gasteiger partial charge in [0.05, 0.1) is 19.3 Å². The quantitative estimate of drug-likeness (QED) is 0.845. The number of nitrogens with zero attached hydrogens (tertiary/aromatic N) is 1. The number of ether oxygens (including phenoxy) is 2. The SMILES string of the molecule is C[C@H]1[C@H](C=O)C2C[C@H]3c4[nH]c5ccccc5c4C[C@@H]([C@@H]2C2OCCO2)N31. The molecule has 5 aliphatic heterocycles. The molecule has 2 unspecified atom stereocenters. The average molecular weight is 352 g/mol. The van der Waals surface area contributed by atoms with Crippen LogP contribution in [0.15, 0.2) is 24.3 Å². The maximum absolute atomic E-state index is 11.9. The Labute approximate surface area is 152 Å². The van der Waals surface area contributed by atoms with Crippen LogP contribution in [0.5, 0.6) is 0 Å². The number of H-pyrrole nitrogens is 1. The fraction of sp³-hybridized carbons (Fsp3) is 0.571. The summed E-state index contributed by atoms with van der Waals surface area (Å²) in [7, 11) is 0. The van der Waals surface area contributed by atoms with Crippen molar-refractivity contribution in [3.63, 3.8) is 0 Å². The van der Waals surface area contributed by atoms with Crippen LogP contribution in [-0.2, 0) is 20.7 Å². The van der Waals surface area contributed by atoms with Crippen molar-refractivity contribution < 1.29 is 14.3 Å². The number of carbonyl (C=O) groups is 1. The van der Waals surface area contributed by atoms with E-state index in [-0.39, 0.29) is 24.2 Å². The normalized spacial score (nSPS) is 41.5. The Morgan fingerprint density at radius 2 is 2.04 bits per heavy atom. The molecule has 2 aromatic rings. The maximum atomic E-state index is 11.9. The lowest BCUT2D eigenvalue weighted by Crippen LogP contribution is -2.68. The van der Waals surface area contributed by atoms with Gasteiger partial charge in [-0.05, 0) is 37.3 Å². The summed E-state index contributed by atoms with van der Waals surface area (Å²) in [5, 5.41) is 1.35. The van der Waals surface area contributed by atoms with Crippen molar-refractivity contribution >= 4 is 17.2 Å². The molecule has 1 N–H and O–H groups in total. The van der Waals surface area contributed by atoms with Crippen LogP contribution in [0.3, 0.4) is 0 Å². The molecule has 26 heavy (non-hydrogen) atoms. The zero-order valence-electron chi connectivity index (χ0n) is 14.9. The van der Waals surface area contributed by atoms with Gasteiger partial charge in [0.1, 0.15) is 6.29 Å². The predicted octanol–water partition coefficient (Wildman–Crippen LogP) is 2.66. The standard InChI is InChI=1S/C21H24N2O3/c1-11-15(10-24)13-8-18-20-14(12-4-2-3-5-16(12)22-20)9-17(23(11)18)19(13)21-25-6-7-26-21/h2-5,10-11,13,15,17-19,21-22H,6-9H2,1H3/t11-,13?,15-,17-,18-,19+/m0/s1. The van der Waals surface area contributed by atoms with Gasteiger partial charge in [0.25, 0.3) is 0 Å². The van der Waals surface area contributed by atoms with E-state index >= 15 is 0 Å². The van der Waals surface area contributed by atoms with Crippen LogP contribution in [0.4, 0.5) is 0 Å². The highest BCUT2D eigenvalue weighted by molar-refractivity contribution is 5.85. The molecule has 0 amide bonds. The van der Waals surface area contributed by atoms with Crippen LogP contribution < -0.4 is 0 Å². The number of piperidine rings is 3. The Hall–Kier alpha value is -1.69. The summed E-state index contributed by atoms with van der Waals surface area (Å²) in [6.45, 7) is 3.57. The summed E-state index contributed by atoms with van der Waals surface area (Å²) < 4.78 is 11.9. The third-order valence-corrected chi connectivity index (χ3v) is 7.41. The monoisotopic (exact) mass is 352 g/mol. The number of hydrogen-bond acceptors (Lipinski definition) is 4. The molecule has 5 heteroatoms. The number of carbonyl (C=O) groups excluding carboxylic acids is 1. The van der Waals surface area contributed by atoms with Gasteiger partial charge in [0.15, 0.2) is 6.29 Å². The Kier molecular flexibility index (Phi) is 3.20. The van der Waals surface area contributed by atoms with Gasteiger partial charge in [0, 0.05) is 40.5 Å². The molecule has 7 atom stereocenters. The number of nitrogens with one attached hydrogen (secondary N) is 1. The van der Waals surface area contributed by atoms with E-state index in [9.17, 15) is 4.79 Å². The van der Waals surface area contributed by atoms with Crippen molar-refractivity contribution in [2.24, 2.45) is 17.8 Å². The van der Waals surface area contributed by atoms with Crippen molar-refractivity contribution in [3.8, 4) is 0 Å². The minimum Gasteiger partial charge on any atom is -0.357 e. The van der Waals surface area contributed by atoms with E-state index in [2.05, 4.69) is 41.1 Å². The Balaban J connectivity index is 1.51. The number of fused-ring (bicyclic) bond motifs is 4. The second-order valence-corrected chi connectivity index (χ2v) is 8.34. The molecular weight excluding hydrogens is 328 g/mol. The number of hydrogen-bond donors (Lipinski definition) is 1. The molecule has 7 rings (SSSR count). The van der Waals surface area contributed by atoms with Gasteiger partial charge < -0.3 is 19.3 Å². The predicted molar refractivity (Wildman–Crippen MR) is 96.7 cm³/mol. The van der Waals surface area contributed by atoms with Crippen LogP contribution in [0.2, 0.25) is 0 Å². The molecule has 1 aromatic heterocycles. The highest BCUT2D eigenvalue weighted by atomic mass is 16.7. The lowest BCUT2D eigenvalue weighted by atomic mass is 9.59. The maximum Gasteiger partial charge on any atom is 0.162 e. The summed E-state index contributed by atoms with van der Waals surface area (Å²) in [5.41, 5.74) is 4.06. The molecule has 4 bridgehead atoms. The largest absolute Gasteiger partial charge is 0.357 e. The van der Waals surface area contributed by atoms with Gasteiger partial charge in [-0.2, -0.15) is 0 Å². The smallest absolute Gasteiger partial charge is 0.162 e. The van der Waals surface area contributed by atoms with Crippen LogP contribution in [0.1, 0.15) is 30.6 Å². The van der Waals surface area contributed by atoms with E-state index in [0.717, 1.165) is 12.8 Å². The van der Waals surface area contributed by atoms with Crippen molar-refractivity contribution in [1.29, 1.82) is 0 Å². The summed E-state index contributed by atoms with van der Waals surface area (Å²) in [5.74, 6) is 0.693. The van der Waals surface area contributed by atoms with Crippen molar-refractivity contribution in [2.45, 2.75) is 44.2 Å². The molecule has 4 saturated heterocycles. The lowest BCUT2D eigenvalue weighted by molar-refractivity contribution is -0.205. The van der Waals surface area contributed by atoms with Crippen molar-refractivity contribution in [2.75, 3.05) is 13.2 Å². The molecule has 6 heterocycles. The molecular formula is C21H24N2O3. The first-order chi connectivity index (χ1) is 12.8. The highest BCUT2D eigenvalue weighted by Gasteiger charge is 2.60. The van der Waals surface area contributed by atoms with E-state index in [1.807, 2.05) is 0 Å². The topological polar surface area (TPSA) is 54.6 Å². The molecule has 5 aliphatic rings. The zero-order chi connectivity index (χ0) is 17.4. The number of para-hydroxylation sites is 1.